The topological polar surface area (TPSA) is 87.7 Å². The first kappa shape index (κ1) is 18.9. The second-order valence-electron chi connectivity index (χ2n) is 7.69. The van der Waals surface area contributed by atoms with E-state index in [-0.39, 0.29) is 23.2 Å². The van der Waals surface area contributed by atoms with Gasteiger partial charge in [-0.25, -0.2) is 4.98 Å². The lowest BCUT2D eigenvalue weighted by atomic mass is 9.72. The molecule has 0 saturated carbocycles. The Hall–Kier alpha value is -2.41. The number of Topliss-reactive ketones (excluding diaryl/α,β-unsaturated/α-hetero) is 1. The van der Waals surface area contributed by atoms with E-state index in [9.17, 15) is 9.59 Å². The standard InChI is InChI=1S/C21H24N4O2S/c1-12(2)8-11-28-21-24-19-18(20(27)25-21)16(13-6-9-22-10-7-13)17-14(23-19)4-3-5-15(17)26/h4,6-7,9-10,12,16-17H,3,5,8,11H2,1-2H3,(H2,23,24,25,27)/t16-,17-/m0/s1. The van der Waals surface area contributed by atoms with Gasteiger partial charge in [-0.3, -0.25) is 14.6 Å². The van der Waals surface area contributed by atoms with E-state index in [2.05, 4.69) is 35.2 Å². The van der Waals surface area contributed by atoms with Gasteiger partial charge in [-0.1, -0.05) is 31.7 Å². The zero-order chi connectivity index (χ0) is 19.7. The minimum atomic E-state index is -0.369. The molecule has 0 spiro atoms. The van der Waals surface area contributed by atoms with Crippen molar-refractivity contribution in [3.63, 3.8) is 0 Å². The summed E-state index contributed by atoms with van der Waals surface area (Å²) in [6.45, 7) is 4.36. The largest absolute Gasteiger partial charge is 0.343 e. The minimum absolute atomic E-state index is 0.159. The van der Waals surface area contributed by atoms with Crippen LogP contribution < -0.4 is 10.9 Å². The Morgan fingerprint density at radius 1 is 1.21 bits per heavy atom. The van der Waals surface area contributed by atoms with Crippen LogP contribution in [-0.2, 0) is 4.79 Å². The Morgan fingerprint density at radius 2 is 2.00 bits per heavy atom. The number of ketones is 1. The molecule has 6 nitrogen and oxygen atoms in total. The van der Waals surface area contributed by atoms with Crippen LogP contribution in [0, 0.1) is 11.8 Å². The van der Waals surface area contributed by atoms with Gasteiger partial charge in [0, 0.05) is 36.2 Å². The molecule has 28 heavy (non-hydrogen) atoms. The molecule has 2 aromatic heterocycles. The molecule has 7 heteroatoms. The van der Waals surface area contributed by atoms with E-state index in [4.69, 9.17) is 4.98 Å². The number of allylic oxidation sites excluding steroid dienone is 2. The molecular formula is C21H24N4O2S. The third-order valence-electron chi connectivity index (χ3n) is 5.28. The zero-order valence-electron chi connectivity index (χ0n) is 16.1. The predicted molar refractivity (Wildman–Crippen MR) is 111 cm³/mol. The van der Waals surface area contributed by atoms with Crippen molar-refractivity contribution in [1.82, 2.24) is 15.0 Å². The number of aromatic amines is 1. The van der Waals surface area contributed by atoms with Crippen LogP contribution in [0.15, 0.2) is 46.3 Å². The number of carbonyl (C=O) groups is 1. The first-order chi connectivity index (χ1) is 13.5. The quantitative estimate of drug-likeness (QED) is 0.592. The highest BCUT2D eigenvalue weighted by atomic mass is 32.2. The summed E-state index contributed by atoms with van der Waals surface area (Å²) in [6.07, 6.45) is 7.74. The summed E-state index contributed by atoms with van der Waals surface area (Å²) >= 11 is 1.56. The second kappa shape index (κ2) is 7.91. The van der Waals surface area contributed by atoms with Crippen molar-refractivity contribution in [3.8, 4) is 0 Å². The lowest BCUT2D eigenvalue weighted by molar-refractivity contribution is -0.122. The molecule has 0 aromatic carbocycles. The lowest BCUT2D eigenvalue weighted by Gasteiger charge is -2.36. The Labute approximate surface area is 168 Å². The number of hydrogen-bond acceptors (Lipinski definition) is 6. The van der Waals surface area contributed by atoms with Crippen molar-refractivity contribution in [3.05, 3.63) is 57.8 Å². The number of H-pyrrole nitrogens is 1. The Bertz CT molecular complexity index is 968. The highest BCUT2D eigenvalue weighted by molar-refractivity contribution is 7.99. The number of anilines is 1. The SMILES string of the molecule is CC(C)CCSc1nc2c(c(=O)[nH]1)[C@@H](c1ccncc1)[C@@H]1C(=O)CCC=C1N2. The Morgan fingerprint density at radius 3 is 2.75 bits per heavy atom. The van der Waals surface area contributed by atoms with Crippen molar-refractivity contribution in [1.29, 1.82) is 0 Å². The monoisotopic (exact) mass is 396 g/mol. The molecule has 4 rings (SSSR count). The van der Waals surface area contributed by atoms with Gasteiger partial charge in [0.1, 0.15) is 11.6 Å². The highest BCUT2D eigenvalue weighted by Crippen LogP contribution is 2.44. The van der Waals surface area contributed by atoms with E-state index < -0.39 is 0 Å². The molecule has 1 aliphatic heterocycles. The molecule has 146 valence electrons. The van der Waals surface area contributed by atoms with E-state index >= 15 is 0 Å². The maximum atomic E-state index is 13.1. The number of thioether (sulfide) groups is 1. The molecule has 2 aliphatic rings. The van der Waals surface area contributed by atoms with E-state index in [1.807, 2.05) is 12.1 Å². The maximum absolute atomic E-state index is 13.1. The number of carbonyl (C=O) groups excluding carboxylic acids is 1. The van der Waals surface area contributed by atoms with Crippen molar-refractivity contribution >= 4 is 23.4 Å². The van der Waals surface area contributed by atoms with Gasteiger partial charge >= 0.3 is 0 Å². The van der Waals surface area contributed by atoms with Crippen molar-refractivity contribution in [2.45, 2.75) is 44.2 Å². The normalized spacial score (nSPS) is 21.0. The van der Waals surface area contributed by atoms with Crippen LogP contribution in [0.5, 0.6) is 0 Å². The van der Waals surface area contributed by atoms with Crippen LogP contribution in [-0.4, -0.2) is 26.5 Å². The fourth-order valence-corrected chi connectivity index (χ4v) is 4.96. The van der Waals surface area contributed by atoms with Crippen LogP contribution in [0.1, 0.15) is 50.2 Å². The number of aromatic nitrogens is 3. The van der Waals surface area contributed by atoms with Gasteiger partial charge in [0.15, 0.2) is 5.16 Å². The molecule has 0 bridgehead atoms. The molecule has 2 atom stereocenters. The molecule has 2 aromatic rings. The first-order valence-corrected chi connectivity index (χ1v) is 10.7. The molecule has 0 fully saturated rings. The lowest BCUT2D eigenvalue weighted by Crippen LogP contribution is -2.38. The summed E-state index contributed by atoms with van der Waals surface area (Å²) in [5.74, 6) is 1.51. The molecule has 0 unspecified atom stereocenters. The first-order valence-electron chi connectivity index (χ1n) is 9.71. The minimum Gasteiger partial charge on any atom is -0.343 e. The highest BCUT2D eigenvalue weighted by Gasteiger charge is 2.42. The molecule has 2 N–H and O–H groups in total. The number of pyridine rings is 1. The van der Waals surface area contributed by atoms with E-state index in [0.717, 1.165) is 29.9 Å². The van der Waals surface area contributed by atoms with Crippen molar-refractivity contribution in [2.75, 3.05) is 11.1 Å². The fraction of sp³-hybridized carbons (Fsp3) is 0.429. The van der Waals surface area contributed by atoms with Gasteiger partial charge in [-0.15, -0.1) is 0 Å². The number of rotatable bonds is 5. The number of fused-ring (bicyclic) bond motifs is 2. The van der Waals surface area contributed by atoms with Crippen molar-refractivity contribution in [2.24, 2.45) is 11.8 Å². The van der Waals surface area contributed by atoms with Crippen LogP contribution >= 0.6 is 11.8 Å². The van der Waals surface area contributed by atoms with E-state index in [1.54, 1.807) is 24.2 Å². The van der Waals surface area contributed by atoms with Crippen LogP contribution in [0.3, 0.4) is 0 Å². The predicted octanol–water partition coefficient (Wildman–Crippen LogP) is 3.72. The zero-order valence-corrected chi connectivity index (χ0v) is 16.9. The van der Waals surface area contributed by atoms with Crippen LogP contribution in [0.25, 0.3) is 0 Å². The summed E-state index contributed by atoms with van der Waals surface area (Å²) in [5.41, 5.74) is 2.14. The average Bonchev–Trinajstić information content (AvgIpc) is 2.67. The summed E-state index contributed by atoms with van der Waals surface area (Å²) in [5, 5.41) is 3.91. The smallest absolute Gasteiger partial charge is 0.257 e. The molecule has 1 aliphatic carbocycles. The van der Waals surface area contributed by atoms with E-state index in [1.165, 1.54) is 0 Å². The summed E-state index contributed by atoms with van der Waals surface area (Å²) in [6, 6.07) is 3.76. The van der Waals surface area contributed by atoms with Gasteiger partial charge in [0.25, 0.3) is 5.56 Å². The molecular weight excluding hydrogens is 372 g/mol. The molecule has 0 radical (unpaired) electrons. The average molecular weight is 397 g/mol. The fourth-order valence-electron chi connectivity index (χ4n) is 3.86. The van der Waals surface area contributed by atoms with E-state index in [0.29, 0.717) is 28.9 Å². The summed E-state index contributed by atoms with van der Waals surface area (Å²) in [7, 11) is 0. The summed E-state index contributed by atoms with van der Waals surface area (Å²) in [4.78, 5) is 37.5. The van der Waals surface area contributed by atoms with Gasteiger partial charge in [0.05, 0.1) is 11.5 Å². The van der Waals surface area contributed by atoms with Gasteiger partial charge < -0.3 is 10.3 Å². The van der Waals surface area contributed by atoms with Crippen molar-refractivity contribution < 1.29 is 4.79 Å². The molecule has 3 heterocycles. The number of nitrogens with one attached hydrogen (secondary N) is 2. The third-order valence-corrected chi connectivity index (χ3v) is 6.18. The number of hydrogen-bond donors (Lipinski definition) is 2. The van der Waals surface area contributed by atoms with Crippen LogP contribution in [0.4, 0.5) is 5.82 Å². The molecule has 0 amide bonds. The van der Waals surface area contributed by atoms with Gasteiger partial charge in [-0.2, -0.15) is 0 Å². The third kappa shape index (κ3) is 3.63. The second-order valence-corrected chi connectivity index (χ2v) is 8.77. The molecule has 0 saturated heterocycles. The maximum Gasteiger partial charge on any atom is 0.257 e. The summed E-state index contributed by atoms with van der Waals surface area (Å²) < 4.78 is 0. The van der Waals surface area contributed by atoms with Gasteiger partial charge in [-0.05, 0) is 36.5 Å². The Balaban J connectivity index is 1.78. The Kier molecular flexibility index (Phi) is 5.35. The number of nitrogens with zero attached hydrogens (tertiary/aromatic N) is 2. The van der Waals surface area contributed by atoms with Crippen LogP contribution in [0.2, 0.25) is 0 Å². The van der Waals surface area contributed by atoms with Gasteiger partial charge in [0.2, 0.25) is 0 Å².